The number of ketones is 1. The lowest BCUT2D eigenvalue weighted by atomic mass is 9.84. The minimum atomic E-state index is -0.818. The summed E-state index contributed by atoms with van der Waals surface area (Å²) in [7, 11) is 0. The molecule has 4 rings (SSSR count). The summed E-state index contributed by atoms with van der Waals surface area (Å²) in [4.78, 5) is 42.2. The number of rotatable bonds is 11. The van der Waals surface area contributed by atoms with Gasteiger partial charge >= 0.3 is 0 Å². The summed E-state index contributed by atoms with van der Waals surface area (Å²) in [5.41, 5.74) is 2.34. The molecular formula is C30H37N3O5. The molecule has 2 aliphatic rings. The Morgan fingerprint density at radius 3 is 2.45 bits per heavy atom. The number of hydrogen-bond donors (Lipinski definition) is 2. The quantitative estimate of drug-likeness (QED) is 0.468. The second-order valence-corrected chi connectivity index (χ2v) is 10.0. The molecule has 2 aliphatic heterocycles. The first-order valence-corrected chi connectivity index (χ1v) is 13.4. The van der Waals surface area contributed by atoms with E-state index in [9.17, 15) is 19.5 Å². The number of aliphatic hydroxyl groups is 1. The van der Waals surface area contributed by atoms with Crippen molar-refractivity contribution in [1.29, 1.82) is 0 Å². The molecule has 0 bridgehead atoms. The Labute approximate surface area is 224 Å². The SMILES string of the molecule is CCCC1C(=O)N(CCC)C2=CN(c3ccc(OCC(=O)NC(C)C(O)c4ccccc4)cc3)CC(=O)C21. The summed E-state index contributed by atoms with van der Waals surface area (Å²) >= 11 is 0. The molecule has 4 unspecified atom stereocenters. The van der Waals surface area contributed by atoms with Gasteiger partial charge in [-0.1, -0.05) is 50.6 Å². The highest BCUT2D eigenvalue weighted by atomic mass is 16.5. The highest BCUT2D eigenvalue weighted by molar-refractivity contribution is 5.99. The Hall–Kier alpha value is -3.65. The lowest BCUT2D eigenvalue weighted by Gasteiger charge is -2.31. The molecular weight excluding hydrogens is 482 g/mol. The van der Waals surface area contributed by atoms with Crippen LogP contribution in [0.5, 0.6) is 5.75 Å². The predicted molar refractivity (Wildman–Crippen MR) is 145 cm³/mol. The number of anilines is 1. The fourth-order valence-corrected chi connectivity index (χ4v) is 5.28. The number of fused-ring (bicyclic) bond motifs is 1. The number of nitrogens with one attached hydrogen (secondary N) is 1. The van der Waals surface area contributed by atoms with Gasteiger partial charge in [-0.15, -0.1) is 0 Å². The molecule has 2 aromatic rings. The van der Waals surface area contributed by atoms with Gasteiger partial charge in [0.15, 0.2) is 12.4 Å². The lowest BCUT2D eigenvalue weighted by Crippen LogP contribution is -2.39. The maximum Gasteiger partial charge on any atom is 0.258 e. The maximum absolute atomic E-state index is 13.2. The predicted octanol–water partition coefficient (Wildman–Crippen LogP) is 3.82. The van der Waals surface area contributed by atoms with Crippen LogP contribution in [0, 0.1) is 11.8 Å². The number of Topliss-reactive ketones (excluding diaryl/α,β-unsaturated/α-hetero) is 1. The summed E-state index contributed by atoms with van der Waals surface area (Å²) in [5.74, 6) is -0.303. The normalized spacial score (nSPS) is 20.6. The van der Waals surface area contributed by atoms with Crippen molar-refractivity contribution in [2.75, 3.05) is 24.6 Å². The van der Waals surface area contributed by atoms with Crippen LogP contribution in [-0.2, 0) is 14.4 Å². The molecule has 2 heterocycles. The van der Waals surface area contributed by atoms with E-state index < -0.39 is 12.1 Å². The van der Waals surface area contributed by atoms with Crippen LogP contribution in [0.15, 0.2) is 66.5 Å². The molecule has 1 saturated heterocycles. The molecule has 38 heavy (non-hydrogen) atoms. The van der Waals surface area contributed by atoms with Crippen LogP contribution in [0.25, 0.3) is 0 Å². The fourth-order valence-electron chi connectivity index (χ4n) is 5.28. The van der Waals surface area contributed by atoms with Crippen molar-refractivity contribution >= 4 is 23.3 Å². The number of ether oxygens (including phenoxy) is 1. The van der Waals surface area contributed by atoms with E-state index in [0.29, 0.717) is 12.3 Å². The van der Waals surface area contributed by atoms with Gasteiger partial charge in [-0.25, -0.2) is 0 Å². The molecule has 1 fully saturated rings. The van der Waals surface area contributed by atoms with E-state index in [-0.39, 0.29) is 42.6 Å². The van der Waals surface area contributed by atoms with Gasteiger partial charge in [0.2, 0.25) is 5.91 Å². The molecule has 8 heteroatoms. The molecule has 202 valence electrons. The van der Waals surface area contributed by atoms with E-state index in [1.165, 1.54) is 0 Å². The summed E-state index contributed by atoms with van der Waals surface area (Å²) < 4.78 is 5.64. The number of amides is 2. The van der Waals surface area contributed by atoms with E-state index in [0.717, 1.165) is 36.2 Å². The molecule has 0 saturated carbocycles. The topological polar surface area (TPSA) is 99.2 Å². The minimum Gasteiger partial charge on any atom is -0.484 e. The molecule has 2 aromatic carbocycles. The third kappa shape index (κ3) is 5.91. The summed E-state index contributed by atoms with van der Waals surface area (Å²) in [6.45, 7) is 6.45. The summed E-state index contributed by atoms with van der Waals surface area (Å²) in [5, 5.41) is 13.2. The van der Waals surface area contributed by atoms with Gasteiger partial charge in [0.05, 0.1) is 30.5 Å². The van der Waals surface area contributed by atoms with Crippen molar-refractivity contribution in [3.8, 4) is 5.75 Å². The zero-order chi connectivity index (χ0) is 27.2. The summed E-state index contributed by atoms with van der Waals surface area (Å²) in [6.07, 6.45) is 3.53. The number of carbonyl (C=O) groups excluding carboxylic acids is 3. The molecule has 0 radical (unpaired) electrons. The Bertz CT molecular complexity index is 1160. The largest absolute Gasteiger partial charge is 0.484 e. The van der Waals surface area contributed by atoms with Gasteiger partial charge < -0.3 is 25.0 Å². The first-order valence-electron chi connectivity index (χ1n) is 13.4. The van der Waals surface area contributed by atoms with E-state index in [1.54, 1.807) is 24.0 Å². The van der Waals surface area contributed by atoms with Gasteiger partial charge in [-0.2, -0.15) is 0 Å². The van der Waals surface area contributed by atoms with Gasteiger partial charge in [-0.3, -0.25) is 14.4 Å². The van der Waals surface area contributed by atoms with Crippen molar-refractivity contribution in [3.05, 3.63) is 72.1 Å². The zero-order valence-electron chi connectivity index (χ0n) is 22.3. The van der Waals surface area contributed by atoms with E-state index in [4.69, 9.17) is 4.74 Å². The number of benzene rings is 2. The third-order valence-corrected chi connectivity index (χ3v) is 7.17. The van der Waals surface area contributed by atoms with Crippen LogP contribution in [0.2, 0.25) is 0 Å². The Morgan fingerprint density at radius 2 is 1.79 bits per heavy atom. The Morgan fingerprint density at radius 1 is 1.08 bits per heavy atom. The van der Waals surface area contributed by atoms with Crippen molar-refractivity contribution in [3.63, 3.8) is 0 Å². The first-order chi connectivity index (χ1) is 18.3. The second-order valence-electron chi connectivity index (χ2n) is 10.0. The Kier molecular flexibility index (Phi) is 8.84. The van der Waals surface area contributed by atoms with Crippen LogP contribution >= 0.6 is 0 Å². The fraction of sp³-hybridized carbons (Fsp3) is 0.433. The van der Waals surface area contributed by atoms with Gasteiger partial charge in [0.1, 0.15) is 5.75 Å². The smallest absolute Gasteiger partial charge is 0.258 e. The van der Waals surface area contributed by atoms with Crippen molar-refractivity contribution in [1.82, 2.24) is 10.2 Å². The molecule has 2 amide bonds. The monoisotopic (exact) mass is 519 g/mol. The standard InChI is InChI=1S/C30H37N3O5/c1-4-9-24-28-25(33(16-5-2)30(24)37)17-32(18-26(28)34)22-12-14-23(15-13-22)38-19-27(35)31-20(3)29(36)21-10-7-6-8-11-21/h6-8,10-15,17,20,24,28-29,36H,4-5,9,16,18-19H2,1-3H3,(H,31,35). The number of allylic oxidation sites excluding steroid dienone is 1. The average molecular weight is 520 g/mol. The number of nitrogens with zero attached hydrogens (tertiary/aromatic N) is 2. The summed E-state index contributed by atoms with van der Waals surface area (Å²) in [6, 6.07) is 15.9. The van der Waals surface area contributed by atoms with Crippen molar-refractivity contribution in [2.24, 2.45) is 11.8 Å². The van der Waals surface area contributed by atoms with Crippen LogP contribution in [-0.4, -0.2) is 53.3 Å². The maximum atomic E-state index is 13.2. The van der Waals surface area contributed by atoms with Crippen molar-refractivity contribution < 1.29 is 24.2 Å². The highest BCUT2D eigenvalue weighted by Crippen LogP contribution is 2.41. The first kappa shape index (κ1) is 27.4. The average Bonchev–Trinajstić information content (AvgIpc) is 3.19. The van der Waals surface area contributed by atoms with Crippen LogP contribution in [0.1, 0.15) is 51.7 Å². The van der Waals surface area contributed by atoms with Gasteiger partial charge in [-0.05, 0) is 49.6 Å². The highest BCUT2D eigenvalue weighted by Gasteiger charge is 2.49. The molecule has 4 atom stereocenters. The molecule has 8 nitrogen and oxygen atoms in total. The number of aliphatic hydroxyl groups excluding tert-OH is 1. The molecule has 0 aromatic heterocycles. The van der Waals surface area contributed by atoms with Gasteiger partial charge in [0.25, 0.3) is 5.91 Å². The minimum absolute atomic E-state index is 0.0628. The van der Waals surface area contributed by atoms with Crippen molar-refractivity contribution in [2.45, 2.75) is 52.2 Å². The van der Waals surface area contributed by atoms with Gasteiger partial charge in [0, 0.05) is 24.1 Å². The molecule has 0 spiro atoms. The second kappa shape index (κ2) is 12.3. The third-order valence-electron chi connectivity index (χ3n) is 7.17. The number of likely N-dealkylation sites (tertiary alicyclic amines) is 1. The van der Waals surface area contributed by atoms with Crippen LogP contribution < -0.4 is 15.0 Å². The number of hydrogen-bond acceptors (Lipinski definition) is 6. The lowest BCUT2D eigenvalue weighted by molar-refractivity contribution is -0.132. The molecule has 0 aliphatic carbocycles. The van der Waals surface area contributed by atoms with E-state index >= 15 is 0 Å². The molecule has 2 N–H and O–H groups in total. The van der Waals surface area contributed by atoms with Crippen LogP contribution in [0.4, 0.5) is 5.69 Å². The van der Waals surface area contributed by atoms with E-state index in [2.05, 4.69) is 5.32 Å². The number of carbonyl (C=O) groups is 3. The van der Waals surface area contributed by atoms with Crippen LogP contribution in [0.3, 0.4) is 0 Å². The van der Waals surface area contributed by atoms with E-state index in [1.807, 2.05) is 67.4 Å². The Balaban J connectivity index is 1.37. The zero-order valence-corrected chi connectivity index (χ0v) is 22.3.